The van der Waals surface area contributed by atoms with E-state index in [1.54, 1.807) is 28.4 Å². The lowest BCUT2D eigenvalue weighted by atomic mass is 9.86. The van der Waals surface area contributed by atoms with Crippen molar-refractivity contribution < 1.29 is 14.2 Å². The van der Waals surface area contributed by atoms with Crippen molar-refractivity contribution in [2.75, 3.05) is 28.4 Å². The Morgan fingerprint density at radius 1 is 0.938 bits per heavy atom. The molecule has 1 aromatic heterocycles. The van der Waals surface area contributed by atoms with Crippen LogP contribution in [0.4, 0.5) is 0 Å². The van der Waals surface area contributed by atoms with Crippen molar-refractivity contribution in [3.8, 4) is 28.5 Å². The second-order valence-corrected chi connectivity index (χ2v) is 9.20. The van der Waals surface area contributed by atoms with Crippen molar-refractivity contribution in [2.24, 2.45) is 10.1 Å². The number of hydrogen-bond donors (Lipinski definition) is 0. The van der Waals surface area contributed by atoms with Crippen LogP contribution in [-0.2, 0) is 5.41 Å². The van der Waals surface area contributed by atoms with E-state index in [-0.39, 0.29) is 5.41 Å². The molecule has 0 amide bonds. The van der Waals surface area contributed by atoms with E-state index in [0.717, 1.165) is 27.3 Å². The summed E-state index contributed by atoms with van der Waals surface area (Å²) in [5.74, 6) is 1.74. The van der Waals surface area contributed by atoms with Crippen LogP contribution in [0.2, 0.25) is 0 Å². The van der Waals surface area contributed by atoms with Gasteiger partial charge < -0.3 is 14.2 Å². The molecule has 0 radical (unpaired) electrons. The van der Waals surface area contributed by atoms with Gasteiger partial charge in [-0.05, 0) is 35.6 Å². The summed E-state index contributed by atoms with van der Waals surface area (Å²) >= 11 is 1.53. The quantitative estimate of drug-likeness (QED) is 0.473. The van der Waals surface area contributed by atoms with Gasteiger partial charge in [-0.15, -0.1) is 11.3 Å². The molecule has 0 aliphatic rings. The van der Waals surface area contributed by atoms with Crippen molar-refractivity contribution in [3.05, 3.63) is 57.7 Å². The van der Waals surface area contributed by atoms with Gasteiger partial charge in [0.2, 0.25) is 10.6 Å². The zero-order chi connectivity index (χ0) is 23.5. The second-order valence-electron chi connectivity index (χ2n) is 8.37. The van der Waals surface area contributed by atoms with Crippen molar-refractivity contribution in [2.45, 2.75) is 33.1 Å². The number of methoxy groups -OCH3 is 3. The minimum absolute atomic E-state index is 0.111. The molecule has 0 fully saturated rings. The van der Waals surface area contributed by atoms with Gasteiger partial charge in [-0.3, -0.25) is 4.99 Å². The van der Waals surface area contributed by atoms with E-state index in [2.05, 4.69) is 50.0 Å². The van der Waals surface area contributed by atoms with E-state index in [0.29, 0.717) is 17.2 Å². The Morgan fingerprint density at radius 2 is 1.53 bits per heavy atom. The lowest BCUT2D eigenvalue weighted by molar-refractivity contribution is 0.324. The summed E-state index contributed by atoms with van der Waals surface area (Å²) in [6.45, 7) is 8.64. The Morgan fingerprint density at radius 3 is 2.00 bits per heavy atom. The third-order valence-corrected chi connectivity index (χ3v) is 6.16. The van der Waals surface area contributed by atoms with Crippen LogP contribution in [-0.4, -0.2) is 38.8 Å². The molecule has 7 heteroatoms. The molecule has 0 atom stereocenters. The van der Waals surface area contributed by atoms with Gasteiger partial charge in [0.1, 0.15) is 0 Å². The predicted octanol–water partition coefficient (Wildman–Crippen LogP) is 5.34. The topological polar surface area (TPSA) is 57.3 Å². The number of hydrogen-bond acceptors (Lipinski definition) is 6. The maximum atomic E-state index is 5.53. The Bertz CT molecular complexity index is 1160. The number of ether oxygens (including phenoxy) is 3. The van der Waals surface area contributed by atoms with Gasteiger partial charge in [-0.2, -0.15) is 5.10 Å². The highest BCUT2D eigenvalue weighted by atomic mass is 32.1. The van der Waals surface area contributed by atoms with Crippen LogP contribution in [0.15, 0.2) is 51.9 Å². The number of aromatic nitrogens is 1. The third-order valence-electron chi connectivity index (χ3n) is 5.26. The molecular formula is C25H31N3O3S. The molecule has 170 valence electrons. The SMILES string of the molecule is CN=c1scc(-c2cc(OC)c(OC)c(OC)c2)n1N=C(C)c1ccc(C(C)(C)C)cc1. The van der Waals surface area contributed by atoms with E-state index in [4.69, 9.17) is 19.3 Å². The zero-order valence-corrected chi connectivity index (χ0v) is 20.8. The van der Waals surface area contributed by atoms with Crippen LogP contribution in [0, 0.1) is 0 Å². The molecule has 0 saturated heterocycles. The first-order chi connectivity index (χ1) is 15.2. The van der Waals surface area contributed by atoms with Gasteiger partial charge in [-0.25, -0.2) is 4.68 Å². The number of benzene rings is 2. The largest absolute Gasteiger partial charge is 0.493 e. The number of rotatable bonds is 6. The van der Waals surface area contributed by atoms with E-state index in [1.165, 1.54) is 16.9 Å². The van der Waals surface area contributed by atoms with E-state index < -0.39 is 0 Å². The molecule has 32 heavy (non-hydrogen) atoms. The standard InChI is InChI=1S/C25H31N3O3S/c1-16(17-9-11-19(12-10-17)25(2,3)4)27-28-20(15-32-24(28)26-5)18-13-21(29-6)23(31-8)22(14-18)30-7/h9-15H,1-8H3. The average molecular weight is 454 g/mol. The highest BCUT2D eigenvalue weighted by Crippen LogP contribution is 2.41. The zero-order valence-electron chi connectivity index (χ0n) is 20.0. The monoisotopic (exact) mass is 453 g/mol. The maximum Gasteiger partial charge on any atom is 0.205 e. The van der Waals surface area contributed by atoms with Crippen molar-refractivity contribution in [1.82, 2.24) is 4.68 Å². The van der Waals surface area contributed by atoms with Crippen LogP contribution in [0.25, 0.3) is 11.3 Å². The molecule has 0 aliphatic heterocycles. The summed E-state index contributed by atoms with van der Waals surface area (Å²) in [7, 11) is 6.58. The van der Waals surface area contributed by atoms with Crippen molar-refractivity contribution in [1.29, 1.82) is 0 Å². The first-order valence-corrected chi connectivity index (χ1v) is 11.2. The molecule has 0 bridgehead atoms. The minimum Gasteiger partial charge on any atom is -0.493 e. The summed E-state index contributed by atoms with van der Waals surface area (Å²) in [6.07, 6.45) is 0. The first kappa shape index (κ1) is 23.6. The molecule has 3 aromatic rings. The van der Waals surface area contributed by atoms with Crippen LogP contribution in [0.5, 0.6) is 17.2 Å². The highest BCUT2D eigenvalue weighted by molar-refractivity contribution is 7.07. The van der Waals surface area contributed by atoms with Gasteiger partial charge in [-0.1, -0.05) is 45.0 Å². The Kier molecular flexibility index (Phi) is 7.09. The fourth-order valence-electron chi connectivity index (χ4n) is 3.39. The lowest BCUT2D eigenvalue weighted by Crippen LogP contribution is -2.14. The Balaban J connectivity index is 2.12. The molecule has 3 rings (SSSR count). The molecule has 0 spiro atoms. The Labute approximate surface area is 193 Å². The molecule has 0 unspecified atom stereocenters. The fraction of sp³-hybridized carbons (Fsp3) is 0.360. The van der Waals surface area contributed by atoms with Gasteiger partial charge >= 0.3 is 0 Å². The summed E-state index contributed by atoms with van der Waals surface area (Å²) in [5, 5.41) is 6.95. The van der Waals surface area contributed by atoms with Gasteiger partial charge in [0.05, 0.1) is 32.7 Å². The van der Waals surface area contributed by atoms with Crippen LogP contribution >= 0.6 is 11.3 Å². The molecule has 0 N–H and O–H groups in total. The second kappa shape index (κ2) is 9.61. The molecular weight excluding hydrogens is 422 g/mol. The highest BCUT2D eigenvalue weighted by Gasteiger charge is 2.17. The average Bonchev–Trinajstić information content (AvgIpc) is 3.19. The first-order valence-electron chi connectivity index (χ1n) is 10.3. The molecule has 2 aromatic carbocycles. The molecule has 0 saturated carbocycles. The predicted molar refractivity (Wildman–Crippen MR) is 132 cm³/mol. The summed E-state index contributed by atoms with van der Waals surface area (Å²) < 4.78 is 18.4. The number of thiazole rings is 1. The van der Waals surface area contributed by atoms with Crippen LogP contribution < -0.4 is 19.0 Å². The van der Waals surface area contributed by atoms with E-state index in [9.17, 15) is 0 Å². The Hall–Kier alpha value is -3.06. The van der Waals surface area contributed by atoms with Gasteiger partial charge in [0.25, 0.3) is 0 Å². The van der Waals surface area contributed by atoms with Crippen molar-refractivity contribution in [3.63, 3.8) is 0 Å². The maximum absolute atomic E-state index is 5.53. The lowest BCUT2D eigenvalue weighted by Gasteiger charge is -2.19. The summed E-state index contributed by atoms with van der Waals surface area (Å²) in [4.78, 5) is 5.21. The molecule has 6 nitrogen and oxygen atoms in total. The van der Waals surface area contributed by atoms with Gasteiger partial charge in [0, 0.05) is 18.0 Å². The number of nitrogens with zero attached hydrogens (tertiary/aromatic N) is 3. The minimum atomic E-state index is 0.111. The van der Waals surface area contributed by atoms with Crippen LogP contribution in [0.1, 0.15) is 38.8 Å². The smallest absolute Gasteiger partial charge is 0.205 e. The van der Waals surface area contributed by atoms with Crippen molar-refractivity contribution >= 4 is 17.0 Å². The van der Waals surface area contributed by atoms with Crippen LogP contribution in [0.3, 0.4) is 0 Å². The molecule has 0 aliphatic carbocycles. The molecule has 1 heterocycles. The fourth-order valence-corrected chi connectivity index (χ4v) is 4.19. The summed E-state index contributed by atoms with van der Waals surface area (Å²) in [6, 6.07) is 12.4. The van der Waals surface area contributed by atoms with Gasteiger partial charge in [0.15, 0.2) is 11.5 Å². The van der Waals surface area contributed by atoms with E-state index >= 15 is 0 Å². The third kappa shape index (κ3) is 4.72. The summed E-state index contributed by atoms with van der Waals surface area (Å²) in [5.41, 5.74) is 5.15. The normalized spacial score (nSPS) is 12.8. The van der Waals surface area contributed by atoms with E-state index in [1.807, 2.05) is 29.1 Å².